The molecule has 4 nitrogen and oxygen atoms in total. The van der Waals surface area contributed by atoms with Crippen LogP contribution in [0.5, 0.6) is 0 Å². The van der Waals surface area contributed by atoms with Gasteiger partial charge in [-0.1, -0.05) is 19.8 Å². The van der Waals surface area contributed by atoms with Gasteiger partial charge < -0.3 is 15.0 Å². The van der Waals surface area contributed by atoms with E-state index in [0.29, 0.717) is 12.1 Å². The van der Waals surface area contributed by atoms with Crippen LogP contribution in [0.1, 0.15) is 38.3 Å². The molecule has 0 bridgehead atoms. The van der Waals surface area contributed by atoms with E-state index in [2.05, 4.69) is 22.5 Å². The molecule has 0 spiro atoms. The standard InChI is InChI=1S/C14H23N3OS/c1-2-15-9-11-10-19-14(16-11)17-7-8-18-13-6-4-3-5-12(13)17/h10,12-13,15H,2-9H2,1H3. The van der Waals surface area contributed by atoms with Crippen molar-refractivity contribution in [3.8, 4) is 0 Å². The lowest BCUT2D eigenvalue weighted by Gasteiger charge is -2.43. The lowest BCUT2D eigenvalue weighted by Crippen LogP contribution is -2.52. The number of aromatic nitrogens is 1. The summed E-state index contributed by atoms with van der Waals surface area (Å²) in [5.41, 5.74) is 1.17. The van der Waals surface area contributed by atoms with Crippen LogP contribution in [-0.2, 0) is 11.3 Å². The van der Waals surface area contributed by atoms with Gasteiger partial charge in [0.25, 0.3) is 0 Å². The molecule has 2 fully saturated rings. The Bertz CT molecular complexity index is 407. The largest absolute Gasteiger partial charge is 0.374 e. The van der Waals surface area contributed by atoms with Crippen LogP contribution in [0, 0.1) is 0 Å². The van der Waals surface area contributed by atoms with E-state index in [1.165, 1.54) is 36.5 Å². The summed E-state index contributed by atoms with van der Waals surface area (Å²) >= 11 is 1.78. The summed E-state index contributed by atoms with van der Waals surface area (Å²) in [6.07, 6.45) is 5.56. The molecular weight excluding hydrogens is 258 g/mol. The summed E-state index contributed by atoms with van der Waals surface area (Å²) in [6.45, 7) is 5.85. The fraction of sp³-hybridized carbons (Fsp3) is 0.786. The molecule has 0 aromatic carbocycles. The van der Waals surface area contributed by atoms with Crippen LogP contribution in [0.4, 0.5) is 5.13 Å². The Kier molecular flexibility index (Phi) is 4.35. The summed E-state index contributed by atoms with van der Waals surface area (Å²) in [4.78, 5) is 7.28. The van der Waals surface area contributed by atoms with Crippen molar-refractivity contribution in [2.75, 3.05) is 24.6 Å². The van der Waals surface area contributed by atoms with Gasteiger partial charge in [0, 0.05) is 18.5 Å². The highest BCUT2D eigenvalue weighted by Gasteiger charge is 2.35. The third-order valence-electron chi connectivity index (χ3n) is 4.07. The van der Waals surface area contributed by atoms with Crippen molar-refractivity contribution in [3.63, 3.8) is 0 Å². The molecule has 3 rings (SSSR count). The number of nitrogens with one attached hydrogen (secondary N) is 1. The number of rotatable bonds is 4. The van der Waals surface area contributed by atoms with E-state index in [4.69, 9.17) is 9.72 Å². The van der Waals surface area contributed by atoms with E-state index in [0.717, 1.165) is 26.2 Å². The molecule has 0 radical (unpaired) electrons. The maximum absolute atomic E-state index is 5.93. The van der Waals surface area contributed by atoms with Crippen LogP contribution >= 0.6 is 11.3 Å². The second-order valence-corrected chi connectivity index (χ2v) is 6.19. The van der Waals surface area contributed by atoms with Crippen molar-refractivity contribution in [1.82, 2.24) is 10.3 Å². The van der Waals surface area contributed by atoms with E-state index in [-0.39, 0.29) is 0 Å². The first-order valence-electron chi connectivity index (χ1n) is 7.42. The van der Waals surface area contributed by atoms with Gasteiger partial charge in [-0.2, -0.15) is 0 Å². The quantitative estimate of drug-likeness (QED) is 0.919. The van der Waals surface area contributed by atoms with Crippen molar-refractivity contribution in [3.05, 3.63) is 11.1 Å². The number of ether oxygens (including phenoxy) is 1. The van der Waals surface area contributed by atoms with E-state index >= 15 is 0 Å². The van der Waals surface area contributed by atoms with Gasteiger partial charge in [0.2, 0.25) is 0 Å². The Morgan fingerprint density at radius 1 is 1.47 bits per heavy atom. The van der Waals surface area contributed by atoms with Crippen LogP contribution in [0.25, 0.3) is 0 Å². The van der Waals surface area contributed by atoms with Crippen LogP contribution in [0.2, 0.25) is 0 Å². The molecule has 5 heteroatoms. The Morgan fingerprint density at radius 2 is 2.37 bits per heavy atom. The van der Waals surface area contributed by atoms with Gasteiger partial charge in [0.1, 0.15) is 0 Å². The highest BCUT2D eigenvalue weighted by molar-refractivity contribution is 7.13. The van der Waals surface area contributed by atoms with Crippen molar-refractivity contribution in [1.29, 1.82) is 0 Å². The van der Waals surface area contributed by atoms with Crippen LogP contribution in [0.3, 0.4) is 0 Å². The average molecular weight is 281 g/mol. The van der Waals surface area contributed by atoms with Crippen molar-refractivity contribution in [2.24, 2.45) is 0 Å². The molecule has 19 heavy (non-hydrogen) atoms. The molecule has 1 aliphatic heterocycles. The minimum atomic E-state index is 0.434. The van der Waals surface area contributed by atoms with Gasteiger partial charge in [-0.05, 0) is 19.4 Å². The number of thiazole rings is 1. The van der Waals surface area contributed by atoms with Crippen molar-refractivity contribution in [2.45, 2.75) is 51.3 Å². The van der Waals surface area contributed by atoms with Crippen molar-refractivity contribution >= 4 is 16.5 Å². The molecule has 2 atom stereocenters. The Balaban J connectivity index is 1.70. The monoisotopic (exact) mass is 281 g/mol. The zero-order chi connectivity index (χ0) is 13.1. The van der Waals surface area contributed by atoms with Gasteiger partial charge in [0.15, 0.2) is 5.13 Å². The van der Waals surface area contributed by atoms with Crippen LogP contribution in [-0.4, -0.2) is 36.8 Å². The van der Waals surface area contributed by atoms with Crippen LogP contribution < -0.4 is 10.2 Å². The van der Waals surface area contributed by atoms with E-state index in [1.54, 1.807) is 11.3 Å². The summed E-state index contributed by atoms with van der Waals surface area (Å²) in [5.74, 6) is 0. The lowest BCUT2D eigenvalue weighted by atomic mass is 9.90. The molecular formula is C14H23N3OS. The molecule has 1 aliphatic carbocycles. The zero-order valence-electron chi connectivity index (χ0n) is 11.6. The lowest BCUT2D eigenvalue weighted by molar-refractivity contribution is -0.00869. The molecule has 2 heterocycles. The number of morpholine rings is 1. The predicted octanol–water partition coefficient (Wildman–Crippen LogP) is 2.40. The van der Waals surface area contributed by atoms with Gasteiger partial charge >= 0.3 is 0 Å². The average Bonchev–Trinajstić information content (AvgIpc) is 2.93. The molecule has 2 unspecified atom stereocenters. The molecule has 1 aromatic rings. The summed E-state index contributed by atoms with van der Waals surface area (Å²) < 4.78 is 5.93. The third-order valence-corrected chi connectivity index (χ3v) is 5.00. The number of fused-ring (bicyclic) bond motifs is 1. The van der Waals surface area contributed by atoms with E-state index in [1.807, 2.05) is 0 Å². The number of hydrogen-bond donors (Lipinski definition) is 1. The van der Waals surface area contributed by atoms with Gasteiger partial charge in [-0.3, -0.25) is 0 Å². The Morgan fingerprint density at radius 3 is 3.26 bits per heavy atom. The fourth-order valence-corrected chi connectivity index (χ4v) is 4.01. The molecule has 1 saturated carbocycles. The molecule has 2 aliphatic rings. The van der Waals surface area contributed by atoms with Gasteiger partial charge in [-0.15, -0.1) is 11.3 Å². The van der Waals surface area contributed by atoms with Crippen LogP contribution in [0.15, 0.2) is 5.38 Å². The molecule has 106 valence electrons. The highest BCUT2D eigenvalue weighted by Crippen LogP contribution is 2.33. The minimum absolute atomic E-state index is 0.434. The predicted molar refractivity (Wildman–Crippen MR) is 78.8 cm³/mol. The zero-order valence-corrected chi connectivity index (χ0v) is 12.4. The summed E-state index contributed by atoms with van der Waals surface area (Å²) in [5, 5.41) is 6.71. The SMILES string of the molecule is CCNCc1csc(N2CCOC3CCCCC32)n1. The number of nitrogens with zero attached hydrogens (tertiary/aromatic N) is 2. The number of hydrogen-bond acceptors (Lipinski definition) is 5. The number of anilines is 1. The van der Waals surface area contributed by atoms with E-state index in [9.17, 15) is 0 Å². The maximum atomic E-state index is 5.93. The van der Waals surface area contributed by atoms with E-state index < -0.39 is 0 Å². The molecule has 1 aromatic heterocycles. The molecule has 1 saturated heterocycles. The van der Waals surface area contributed by atoms with Gasteiger partial charge in [0.05, 0.1) is 24.4 Å². The normalized spacial score (nSPS) is 27.3. The Hall–Kier alpha value is -0.650. The fourth-order valence-electron chi connectivity index (χ4n) is 3.10. The third kappa shape index (κ3) is 2.93. The molecule has 1 N–H and O–H groups in total. The topological polar surface area (TPSA) is 37.4 Å². The first-order valence-corrected chi connectivity index (χ1v) is 8.30. The first kappa shape index (κ1) is 13.3. The van der Waals surface area contributed by atoms with Crippen molar-refractivity contribution < 1.29 is 4.74 Å². The minimum Gasteiger partial charge on any atom is -0.374 e. The summed E-state index contributed by atoms with van der Waals surface area (Å²) in [6, 6.07) is 0.556. The second kappa shape index (κ2) is 6.20. The first-order chi connectivity index (χ1) is 9.38. The smallest absolute Gasteiger partial charge is 0.185 e. The molecule has 0 amide bonds. The summed E-state index contributed by atoms with van der Waals surface area (Å²) in [7, 11) is 0. The van der Waals surface area contributed by atoms with Gasteiger partial charge in [-0.25, -0.2) is 4.98 Å². The second-order valence-electron chi connectivity index (χ2n) is 5.36. The maximum Gasteiger partial charge on any atom is 0.185 e. The highest BCUT2D eigenvalue weighted by atomic mass is 32.1. The Labute approximate surface area is 119 Å².